The summed E-state index contributed by atoms with van der Waals surface area (Å²) in [6.45, 7) is 2.16. The highest BCUT2D eigenvalue weighted by Crippen LogP contribution is 2.26. The van der Waals surface area contributed by atoms with E-state index >= 15 is 0 Å². The van der Waals surface area contributed by atoms with E-state index in [1.807, 2.05) is 0 Å². The standard InChI is InChI=1S/C9H17N2/c1-2-4-8(5-3-1)9-10-6-7-11-9/h8-10H,1-7H2. The largest absolute Gasteiger partial charge is 0.299 e. The summed E-state index contributed by atoms with van der Waals surface area (Å²) < 4.78 is 0. The molecule has 11 heavy (non-hydrogen) atoms. The van der Waals surface area contributed by atoms with Gasteiger partial charge in [-0.1, -0.05) is 19.3 Å². The Morgan fingerprint density at radius 1 is 1.09 bits per heavy atom. The van der Waals surface area contributed by atoms with Crippen LogP contribution in [0.2, 0.25) is 0 Å². The maximum absolute atomic E-state index is 4.55. The van der Waals surface area contributed by atoms with Gasteiger partial charge in [0.25, 0.3) is 0 Å². The molecule has 1 aliphatic heterocycles. The molecule has 1 saturated carbocycles. The maximum atomic E-state index is 4.55. The summed E-state index contributed by atoms with van der Waals surface area (Å²) in [5, 5.41) is 8.01. The molecule has 2 fully saturated rings. The Labute approximate surface area is 68.7 Å². The lowest BCUT2D eigenvalue weighted by molar-refractivity contribution is 0.268. The first-order valence-corrected chi connectivity index (χ1v) is 4.87. The summed E-state index contributed by atoms with van der Waals surface area (Å²) in [5.74, 6) is 0.867. The van der Waals surface area contributed by atoms with Gasteiger partial charge in [-0.25, -0.2) is 5.32 Å². The van der Waals surface area contributed by atoms with E-state index in [0.29, 0.717) is 6.17 Å². The van der Waals surface area contributed by atoms with Crippen LogP contribution in [0.4, 0.5) is 0 Å². The smallest absolute Gasteiger partial charge is 0.0765 e. The van der Waals surface area contributed by atoms with E-state index in [0.717, 1.165) is 19.0 Å². The zero-order chi connectivity index (χ0) is 7.52. The van der Waals surface area contributed by atoms with Gasteiger partial charge in [0.05, 0.1) is 6.17 Å². The van der Waals surface area contributed by atoms with E-state index in [9.17, 15) is 0 Å². The molecule has 0 amide bonds. The molecule has 2 rings (SSSR count). The van der Waals surface area contributed by atoms with Crippen molar-refractivity contribution in [1.29, 1.82) is 0 Å². The number of hydrogen-bond acceptors (Lipinski definition) is 1. The van der Waals surface area contributed by atoms with Gasteiger partial charge >= 0.3 is 0 Å². The Morgan fingerprint density at radius 3 is 2.55 bits per heavy atom. The quantitative estimate of drug-likeness (QED) is 0.600. The Balaban J connectivity index is 1.82. The zero-order valence-corrected chi connectivity index (χ0v) is 7.05. The number of hydrogen-bond donors (Lipinski definition) is 1. The van der Waals surface area contributed by atoms with Crippen LogP contribution in [0.15, 0.2) is 0 Å². The van der Waals surface area contributed by atoms with Crippen LogP contribution in [0.25, 0.3) is 0 Å². The van der Waals surface area contributed by atoms with Crippen molar-refractivity contribution in [2.45, 2.75) is 38.3 Å². The van der Waals surface area contributed by atoms with Crippen molar-refractivity contribution in [3.8, 4) is 0 Å². The van der Waals surface area contributed by atoms with Gasteiger partial charge in [0.2, 0.25) is 0 Å². The summed E-state index contributed by atoms with van der Waals surface area (Å²) >= 11 is 0. The second kappa shape index (κ2) is 3.55. The number of rotatable bonds is 1. The van der Waals surface area contributed by atoms with Gasteiger partial charge in [0.1, 0.15) is 0 Å². The van der Waals surface area contributed by atoms with Crippen molar-refractivity contribution in [2.24, 2.45) is 5.92 Å². The molecule has 0 spiro atoms. The van der Waals surface area contributed by atoms with E-state index in [4.69, 9.17) is 0 Å². The fourth-order valence-corrected chi connectivity index (χ4v) is 2.25. The third-order valence-electron chi connectivity index (χ3n) is 2.89. The van der Waals surface area contributed by atoms with E-state index in [1.54, 1.807) is 0 Å². The summed E-state index contributed by atoms with van der Waals surface area (Å²) in [6, 6.07) is 0. The van der Waals surface area contributed by atoms with Crippen molar-refractivity contribution < 1.29 is 0 Å². The van der Waals surface area contributed by atoms with Gasteiger partial charge in [-0.3, -0.25) is 5.32 Å². The predicted molar refractivity (Wildman–Crippen MR) is 45.4 cm³/mol. The summed E-state index contributed by atoms with van der Waals surface area (Å²) in [6.07, 6.45) is 7.64. The highest BCUT2D eigenvalue weighted by molar-refractivity contribution is 4.81. The van der Waals surface area contributed by atoms with Crippen molar-refractivity contribution >= 4 is 0 Å². The van der Waals surface area contributed by atoms with Gasteiger partial charge in [-0.2, -0.15) is 0 Å². The van der Waals surface area contributed by atoms with Crippen LogP contribution >= 0.6 is 0 Å². The molecule has 2 nitrogen and oxygen atoms in total. The summed E-state index contributed by atoms with van der Waals surface area (Å²) in [4.78, 5) is 0. The third kappa shape index (κ3) is 1.74. The molecule has 1 aliphatic carbocycles. The van der Waals surface area contributed by atoms with Gasteiger partial charge in [0, 0.05) is 13.1 Å². The molecule has 1 unspecified atom stereocenters. The molecule has 2 aliphatic rings. The van der Waals surface area contributed by atoms with Crippen LogP contribution in [0.3, 0.4) is 0 Å². The highest BCUT2D eigenvalue weighted by Gasteiger charge is 2.26. The Bertz CT molecular complexity index is 113. The van der Waals surface area contributed by atoms with E-state index in [2.05, 4.69) is 10.6 Å². The van der Waals surface area contributed by atoms with Crippen molar-refractivity contribution in [3.63, 3.8) is 0 Å². The van der Waals surface area contributed by atoms with Gasteiger partial charge in [-0.15, -0.1) is 0 Å². The fourth-order valence-electron chi connectivity index (χ4n) is 2.25. The highest BCUT2D eigenvalue weighted by atomic mass is 15.2. The predicted octanol–water partition coefficient (Wildman–Crippen LogP) is 1.10. The van der Waals surface area contributed by atoms with Crippen LogP contribution in [0.5, 0.6) is 0 Å². The summed E-state index contributed by atoms with van der Waals surface area (Å²) in [5.41, 5.74) is 0. The fraction of sp³-hybridized carbons (Fsp3) is 1.00. The van der Waals surface area contributed by atoms with Crippen LogP contribution in [0, 0.1) is 5.92 Å². The normalized spacial score (nSPS) is 29.5. The van der Waals surface area contributed by atoms with E-state index in [1.165, 1.54) is 32.1 Å². The molecule has 1 radical (unpaired) electrons. The Morgan fingerprint density at radius 2 is 1.91 bits per heavy atom. The maximum Gasteiger partial charge on any atom is 0.0765 e. The monoisotopic (exact) mass is 153 g/mol. The first-order chi connectivity index (χ1) is 5.47. The molecule has 0 aromatic rings. The van der Waals surface area contributed by atoms with Crippen LogP contribution in [0.1, 0.15) is 32.1 Å². The Kier molecular flexibility index (Phi) is 2.44. The lowest BCUT2D eigenvalue weighted by atomic mass is 9.87. The molecule has 63 valence electrons. The number of nitrogens with one attached hydrogen (secondary N) is 1. The first kappa shape index (κ1) is 7.56. The van der Waals surface area contributed by atoms with Crippen molar-refractivity contribution in [3.05, 3.63) is 0 Å². The van der Waals surface area contributed by atoms with E-state index in [-0.39, 0.29) is 0 Å². The topological polar surface area (TPSA) is 26.1 Å². The second-order valence-corrected chi connectivity index (χ2v) is 3.70. The minimum Gasteiger partial charge on any atom is -0.299 e. The van der Waals surface area contributed by atoms with Crippen molar-refractivity contribution in [2.75, 3.05) is 13.1 Å². The molecule has 1 heterocycles. The van der Waals surface area contributed by atoms with Crippen LogP contribution in [-0.4, -0.2) is 19.3 Å². The first-order valence-electron chi connectivity index (χ1n) is 4.87. The minimum atomic E-state index is 0.523. The molecule has 1 atom stereocenters. The third-order valence-corrected chi connectivity index (χ3v) is 2.89. The lowest BCUT2D eigenvalue weighted by Crippen LogP contribution is -2.36. The van der Waals surface area contributed by atoms with Crippen molar-refractivity contribution in [1.82, 2.24) is 10.6 Å². The average Bonchev–Trinajstić information content (AvgIpc) is 2.58. The molecule has 0 aromatic heterocycles. The second-order valence-electron chi connectivity index (χ2n) is 3.70. The average molecular weight is 153 g/mol. The molecule has 0 aromatic carbocycles. The molecule has 2 heteroatoms. The van der Waals surface area contributed by atoms with Gasteiger partial charge in [0.15, 0.2) is 0 Å². The zero-order valence-electron chi connectivity index (χ0n) is 7.05. The van der Waals surface area contributed by atoms with E-state index < -0.39 is 0 Å². The molecular weight excluding hydrogens is 136 g/mol. The Hall–Kier alpha value is -0.0800. The number of nitrogens with zero attached hydrogens (tertiary/aromatic N) is 1. The molecule has 0 bridgehead atoms. The van der Waals surface area contributed by atoms with Crippen LogP contribution < -0.4 is 10.6 Å². The lowest BCUT2D eigenvalue weighted by Gasteiger charge is -2.26. The molecular formula is C9H17N2. The van der Waals surface area contributed by atoms with Gasteiger partial charge in [-0.05, 0) is 18.8 Å². The van der Waals surface area contributed by atoms with Gasteiger partial charge < -0.3 is 0 Å². The van der Waals surface area contributed by atoms with Crippen LogP contribution in [-0.2, 0) is 0 Å². The summed E-state index contributed by atoms with van der Waals surface area (Å²) in [7, 11) is 0. The SMILES string of the molecule is C1CCC(C2[N]CCN2)CC1. The minimum absolute atomic E-state index is 0.523. The molecule has 1 N–H and O–H groups in total. The molecule has 1 saturated heterocycles.